The molecule has 0 amide bonds. The number of thioether (sulfide) groups is 1. The van der Waals surface area contributed by atoms with Gasteiger partial charge in [-0.2, -0.15) is 0 Å². The smallest absolute Gasteiger partial charge is 0.153 e. The van der Waals surface area contributed by atoms with Gasteiger partial charge in [0.1, 0.15) is 0 Å². The number of carbonyl (C=O) groups is 1. The van der Waals surface area contributed by atoms with Gasteiger partial charge in [-0.25, -0.2) is 0 Å². The standard InChI is InChI=1S/C12H18OS/c1-3-4-8-14-12(2)10-7-5-6-9(10)11(12)13/h5,7,9-10H,3-4,6,8H2,1-2H3/t9-,10+,12+/m0/s1. The van der Waals surface area contributed by atoms with Gasteiger partial charge in [-0.3, -0.25) is 4.79 Å². The first-order chi connectivity index (χ1) is 6.70. The van der Waals surface area contributed by atoms with Crippen molar-refractivity contribution in [1.82, 2.24) is 0 Å². The van der Waals surface area contributed by atoms with Gasteiger partial charge in [-0.15, -0.1) is 11.8 Å². The zero-order chi connectivity index (χ0) is 10.2. The minimum atomic E-state index is -0.0766. The fourth-order valence-electron chi connectivity index (χ4n) is 2.52. The van der Waals surface area contributed by atoms with Gasteiger partial charge in [0.2, 0.25) is 0 Å². The Morgan fingerprint density at radius 2 is 2.43 bits per heavy atom. The Bertz CT molecular complexity index is 271. The van der Waals surface area contributed by atoms with E-state index in [4.69, 9.17) is 0 Å². The second-order valence-corrected chi connectivity index (χ2v) is 6.01. The molecular formula is C12H18OS. The molecule has 0 aromatic carbocycles. The summed E-state index contributed by atoms with van der Waals surface area (Å²) in [5.74, 6) is 2.51. The summed E-state index contributed by atoms with van der Waals surface area (Å²) in [5, 5.41) is 0. The molecule has 0 aliphatic heterocycles. The molecule has 0 radical (unpaired) electrons. The van der Waals surface area contributed by atoms with E-state index in [0.717, 1.165) is 12.2 Å². The van der Waals surface area contributed by atoms with Gasteiger partial charge in [-0.1, -0.05) is 25.5 Å². The monoisotopic (exact) mass is 210 g/mol. The summed E-state index contributed by atoms with van der Waals surface area (Å²) in [4.78, 5) is 11.9. The summed E-state index contributed by atoms with van der Waals surface area (Å²) in [6.45, 7) is 4.33. The van der Waals surface area contributed by atoms with Crippen LogP contribution in [0.25, 0.3) is 0 Å². The molecule has 2 rings (SSSR count). The lowest BCUT2D eigenvalue weighted by molar-refractivity contribution is -0.135. The molecule has 0 unspecified atom stereocenters. The number of unbranched alkanes of at least 4 members (excludes halogenated alkanes) is 1. The summed E-state index contributed by atoms with van der Waals surface area (Å²) in [6, 6.07) is 0. The Balaban J connectivity index is 1.95. The predicted molar refractivity (Wildman–Crippen MR) is 61.5 cm³/mol. The number of Topliss-reactive ketones (excluding diaryl/α,β-unsaturated/α-hetero) is 1. The van der Waals surface area contributed by atoms with E-state index in [9.17, 15) is 4.79 Å². The summed E-state index contributed by atoms with van der Waals surface area (Å²) in [6.07, 6.45) is 7.88. The van der Waals surface area contributed by atoms with Crippen LogP contribution in [-0.4, -0.2) is 16.3 Å². The molecule has 14 heavy (non-hydrogen) atoms. The lowest BCUT2D eigenvalue weighted by Crippen LogP contribution is -2.57. The van der Waals surface area contributed by atoms with Crippen molar-refractivity contribution in [3.8, 4) is 0 Å². The Hall–Kier alpha value is -0.240. The molecule has 1 nitrogen and oxygen atoms in total. The number of hydrogen-bond acceptors (Lipinski definition) is 2. The number of carbonyl (C=O) groups excluding carboxylic acids is 1. The molecule has 2 heteroatoms. The van der Waals surface area contributed by atoms with E-state index < -0.39 is 0 Å². The Labute approximate surface area is 90.3 Å². The molecular weight excluding hydrogens is 192 g/mol. The third kappa shape index (κ3) is 1.35. The van der Waals surface area contributed by atoms with Gasteiger partial charge in [0, 0.05) is 11.8 Å². The van der Waals surface area contributed by atoms with Crippen LogP contribution in [0, 0.1) is 11.8 Å². The van der Waals surface area contributed by atoms with Crippen molar-refractivity contribution in [3.63, 3.8) is 0 Å². The molecule has 3 atom stereocenters. The zero-order valence-corrected chi connectivity index (χ0v) is 9.77. The van der Waals surface area contributed by atoms with Crippen molar-refractivity contribution < 1.29 is 4.79 Å². The molecule has 0 aromatic rings. The van der Waals surface area contributed by atoms with Gasteiger partial charge in [0.25, 0.3) is 0 Å². The van der Waals surface area contributed by atoms with Crippen LogP contribution in [0.3, 0.4) is 0 Å². The van der Waals surface area contributed by atoms with E-state index in [1.54, 1.807) is 0 Å². The Kier molecular flexibility index (Phi) is 2.74. The van der Waals surface area contributed by atoms with Crippen LogP contribution in [0.2, 0.25) is 0 Å². The Morgan fingerprint density at radius 1 is 1.64 bits per heavy atom. The normalized spacial score (nSPS) is 39.7. The maximum atomic E-state index is 11.9. The largest absolute Gasteiger partial charge is 0.298 e. The van der Waals surface area contributed by atoms with Crippen LogP contribution in [0.1, 0.15) is 33.1 Å². The second-order valence-electron chi connectivity index (χ2n) is 4.47. The minimum Gasteiger partial charge on any atom is -0.298 e. The van der Waals surface area contributed by atoms with Crippen LogP contribution in [0.5, 0.6) is 0 Å². The number of hydrogen-bond donors (Lipinski definition) is 0. The van der Waals surface area contributed by atoms with Crippen molar-refractivity contribution in [3.05, 3.63) is 12.2 Å². The van der Waals surface area contributed by atoms with Crippen molar-refractivity contribution >= 4 is 17.5 Å². The van der Waals surface area contributed by atoms with Crippen LogP contribution in [0.4, 0.5) is 0 Å². The number of ketones is 1. The van der Waals surface area contributed by atoms with E-state index in [2.05, 4.69) is 26.0 Å². The lowest BCUT2D eigenvalue weighted by Gasteiger charge is -2.47. The van der Waals surface area contributed by atoms with Gasteiger partial charge in [0.05, 0.1) is 4.75 Å². The number of rotatable bonds is 4. The SMILES string of the molecule is CCCCS[C@@]1(C)C(=O)[C@H]2CC=C[C@H]21. The molecule has 2 aliphatic carbocycles. The van der Waals surface area contributed by atoms with Gasteiger partial charge in [-0.05, 0) is 25.5 Å². The average Bonchev–Trinajstić information content (AvgIpc) is 2.63. The fraction of sp³-hybridized carbons (Fsp3) is 0.750. The van der Waals surface area contributed by atoms with Crippen molar-refractivity contribution in [2.24, 2.45) is 11.8 Å². The van der Waals surface area contributed by atoms with Crippen LogP contribution in [0.15, 0.2) is 12.2 Å². The summed E-state index contributed by atoms with van der Waals surface area (Å²) in [5.41, 5.74) is 0. The average molecular weight is 210 g/mol. The van der Waals surface area contributed by atoms with E-state index in [-0.39, 0.29) is 4.75 Å². The highest BCUT2D eigenvalue weighted by Gasteiger charge is 2.58. The Morgan fingerprint density at radius 3 is 3.14 bits per heavy atom. The molecule has 2 aliphatic rings. The van der Waals surface area contributed by atoms with Crippen LogP contribution in [-0.2, 0) is 4.79 Å². The maximum Gasteiger partial charge on any atom is 0.153 e. The molecule has 0 saturated heterocycles. The second kappa shape index (κ2) is 3.73. The third-order valence-corrected chi connectivity index (χ3v) is 5.09. The lowest BCUT2D eigenvalue weighted by atomic mass is 9.65. The summed E-state index contributed by atoms with van der Waals surface area (Å²) < 4.78 is -0.0766. The van der Waals surface area contributed by atoms with Crippen molar-refractivity contribution in [2.75, 3.05) is 5.75 Å². The van der Waals surface area contributed by atoms with E-state index in [0.29, 0.717) is 17.6 Å². The van der Waals surface area contributed by atoms with Gasteiger partial charge >= 0.3 is 0 Å². The predicted octanol–water partition coefficient (Wildman–Crippen LogP) is 3.05. The first-order valence-electron chi connectivity index (χ1n) is 5.55. The van der Waals surface area contributed by atoms with E-state index >= 15 is 0 Å². The molecule has 0 bridgehead atoms. The zero-order valence-electron chi connectivity index (χ0n) is 8.95. The first-order valence-corrected chi connectivity index (χ1v) is 6.53. The van der Waals surface area contributed by atoms with E-state index in [1.807, 2.05) is 11.8 Å². The highest BCUT2D eigenvalue weighted by Crippen LogP contribution is 2.54. The molecule has 0 heterocycles. The van der Waals surface area contributed by atoms with Crippen molar-refractivity contribution in [1.29, 1.82) is 0 Å². The maximum absolute atomic E-state index is 11.9. The molecule has 0 N–H and O–H groups in total. The topological polar surface area (TPSA) is 17.1 Å². The fourth-order valence-corrected chi connectivity index (χ4v) is 4.11. The van der Waals surface area contributed by atoms with Gasteiger partial charge in [0.15, 0.2) is 5.78 Å². The molecule has 0 aromatic heterocycles. The summed E-state index contributed by atoms with van der Waals surface area (Å²) in [7, 11) is 0. The van der Waals surface area contributed by atoms with Gasteiger partial charge < -0.3 is 0 Å². The molecule has 0 spiro atoms. The molecule has 78 valence electrons. The highest BCUT2D eigenvalue weighted by molar-refractivity contribution is 8.01. The van der Waals surface area contributed by atoms with E-state index in [1.165, 1.54) is 12.8 Å². The molecule has 1 saturated carbocycles. The van der Waals surface area contributed by atoms with Crippen LogP contribution < -0.4 is 0 Å². The highest BCUT2D eigenvalue weighted by atomic mass is 32.2. The van der Waals surface area contributed by atoms with Crippen molar-refractivity contribution in [2.45, 2.75) is 37.9 Å². The minimum absolute atomic E-state index is 0.0766. The molecule has 1 fully saturated rings. The third-order valence-electron chi connectivity index (χ3n) is 3.53. The quantitative estimate of drug-likeness (QED) is 0.524. The number of fused-ring (bicyclic) bond motifs is 1. The first kappa shape index (κ1) is 10.3. The van der Waals surface area contributed by atoms with Crippen LogP contribution >= 0.6 is 11.8 Å². The summed E-state index contributed by atoms with van der Waals surface area (Å²) >= 11 is 1.87. The number of allylic oxidation sites excluding steroid dienone is 2.